The predicted octanol–water partition coefficient (Wildman–Crippen LogP) is 3.52. The lowest BCUT2D eigenvalue weighted by Crippen LogP contribution is -2.19. The third-order valence-corrected chi connectivity index (χ3v) is 2.16. The Hall–Kier alpha value is -1.01. The highest BCUT2D eigenvalue weighted by molar-refractivity contribution is 6.17. The summed E-state index contributed by atoms with van der Waals surface area (Å²) < 4.78 is 57.6. The van der Waals surface area contributed by atoms with Gasteiger partial charge in [0.1, 0.15) is 24.8 Å². The minimum atomic E-state index is -4.36. The van der Waals surface area contributed by atoms with Gasteiger partial charge in [0, 0.05) is 11.9 Å². The van der Waals surface area contributed by atoms with Crippen LogP contribution in [0.15, 0.2) is 18.2 Å². The van der Waals surface area contributed by atoms with Gasteiger partial charge in [0.05, 0.1) is 6.61 Å². The van der Waals surface area contributed by atoms with Crippen LogP contribution in [-0.4, -0.2) is 26.0 Å². The average Bonchev–Trinajstić information content (AvgIpc) is 2.26. The number of halogens is 5. The molecule has 1 aromatic rings. The number of rotatable bonds is 6. The molecular formula is C11H11ClF4O2. The SMILES string of the molecule is Fc1cc(CCl)cc(OCCOCC(F)(F)F)c1. The van der Waals surface area contributed by atoms with Crippen LogP contribution in [0.5, 0.6) is 5.75 Å². The summed E-state index contributed by atoms with van der Waals surface area (Å²) in [4.78, 5) is 0. The maximum absolute atomic E-state index is 13.0. The van der Waals surface area contributed by atoms with Gasteiger partial charge in [-0.05, 0) is 17.7 Å². The normalized spacial score (nSPS) is 11.6. The third-order valence-electron chi connectivity index (χ3n) is 1.85. The Bertz CT molecular complexity index is 382. The van der Waals surface area contributed by atoms with E-state index in [1.165, 1.54) is 12.1 Å². The highest BCUT2D eigenvalue weighted by Crippen LogP contribution is 2.18. The summed E-state index contributed by atoms with van der Waals surface area (Å²) in [6, 6.07) is 3.89. The van der Waals surface area contributed by atoms with Gasteiger partial charge in [-0.1, -0.05) is 0 Å². The summed E-state index contributed by atoms with van der Waals surface area (Å²) in [5.41, 5.74) is 0.530. The lowest BCUT2D eigenvalue weighted by atomic mass is 10.2. The zero-order chi connectivity index (χ0) is 13.6. The minimum absolute atomic E-state index is 0.0960. The number of alkyl halides is 4. The summed E-state index contributed by atoms with van der Waals surface area (Å²) in [5, 5.41) is 0. The van der Waals surface area contributed by atoms with E-state index in [-0.39, 0.29) is 24.8 Å². The van der Waals surface area contributed by atoms with Crippen molar-refractivity contribution in [2.45, 2.75) is 12.1 Å². The van der Waals surface area contributed by atoms with Gasteiger partial charge in [-0.3, -0.25) is 0 Å². The van der Waals surface area contributed by atoms with Gasteiger partial charge in [0.15, 0.2) is 0 Å². The first-order valence-electron chi connectivity index (χ1n) is 5.03. The predicted molar refractivity (Wildman–Crippen MR) is 58.3 cm³/mol. The molecule has 1 aromatic carbocycles. The van der Waals surface area contributed by atoms with E-state index in [1.54, 1.807) is 0 Å². The van der Waals surface area contributed by atoms with E-state index in [0.29, 0.717) is 5.56 Å². The Morgan fingerprint density at radius 2 is 1.83 bits per heavy atom. The molecule has 102 valence electrons. The van der Waals surface area contributed by atoms with Crippen molar-refractivity contribution in [3.63, 3.8) is 0 Å². The fourth-order valence-corrected chi connectivity index (χ4v) is 1.34. The van der Waals surface area contributed by atoms with Crippen molar-refractivity contribution in [1.82, 2.24) is 0 Å². The number of hydrogen-bond donors (Lipinski definition) is 0. The number of ether oxygens (including phenoxy) is 2. The fraction of sp³-hybridized carbons (Fsp3) is 0.455. The van der Waals surface area contributed by atoms with Crippen molar-refractivity contribution >= 4 is 11.6 Å². The zero-order valence-corrected chi connectivity index (χ0v) is 10.0. The van der Waals surface area contributed by atoms with E-state index in [2.05, 4.69) is 4.74 Å². The Kier molecular flexibility index (Phi) is 5.68. The quantitative estimate of drug-likeness (QED) is 0.452. The minimum Gasteiger partial charge on any atom is -0.491 e. The van der Waals surface area contributed by atoms with Crippen molar-refractivity contribution in [2.75, 3.05) is 19.8 Å². The molecule has 0 aliphatic carbocycles. The molecule has 0 heterocycles. The topological polar surface area (TPSA) is 18.5 Å². The van der Waals surface area contributed by atoms with Crippen molar-refractivity contribution in [1.29, 1.82) is 0 Å². The molecule has 0 unspecified atom stereocenters. The van der Waals surface area contributed by atoms with Gasteiger partial charge in [0.25, 0.3) is 0 Å². The lowest BCUT2D eigenvalue weighted by molar-refractivity contribution is -0.175. The first kappa shape index (κ1) is 15.0. The Balaban J connectivity index is 2.33. The second-order valence-corrected chi connectivity index (χ2v) is 3.71. The van der Waals surface area contributed by atoms with Gasteiger partial charge in [-0.15, -0.1) is 11.6 Å². The second-order valence-electron chi connectivity index (χ2n) is 3.45. The second kappa shape index (κ2) is 6.80. The maximum Gasteiger partial charge on any atom is 0.411 e. The first-order valence-corrected chi connectivity index (χ1v) is 5.57. The Labute approximate surface area is 106 Å². The molecule has 0 saturated heterocycles. The molecule has 2 nitrogen and oxygen atoms in total. The van der Waals surface area contributed by atoms with Crippen molar-refractivity contribution in [3.05, 3.63) is 29.6 Å². The standard InChI is InChI=1S/C11H11ClF4O2/c12-6-8-3-9(13)5-10(4-8)18-2-1-17-7-11(14,15)16/h3-5H,1-2,6-7H2. The van der Waals surface area contributed by atoms with Crippen molar-refractivity contribution in [2.24, 2.45) is 0 Å². The number of hydrogen-bond acceptors (Lipinski definition) is 2. The van der Waals surface area contributed by atoms with Crippen LogP contribution in [0.4, 0.5) is 17.6 Å². The summed E-state index contributed by atoms with van der Waals surface area (Å²) in [6.45, 7) is -1.65. The Morgan fingerprint density at radius 1 is 1.11 bits per heavy atom. The smallest absolute Gasteiger partial charge is 0.411 e. The largest absolute Gasteiger partial charge is 0.491 e. The zero-order valence-electron chi connectivity index (χ0n) is 9.27. The molecule has 0 N–H and O–H groups in total. The van der Waals surface area contributed by atoms with Gasteiger partial charge < -0.3 is 9.47 Å². The molecule has 0 aliphatic rings. The van der Waals surface area contributed by atoms with E-state index in [0.717, 1.165) is 6.07 Å². The highest BCUT2D eigenvalue weighted by atomic mass is 35.5. The van der Waals surface area contributed by atoms with Crippen LogP contribution in [0.2, 0.25) is 0 Å². The molecular weight excluding hydrogens is 276 g/mol. The molecule has 1 rings (SSSR count). The van der Waals surface area contributed by atoms with Crippen LogP contribution in [0, 0.1) is 5.82 Å². The third kappa shape index (κ3) is 6.07. The van der Waals surface area contributed by atoms with E-state index in [4.69, 9.17) is 16.3 Å². The molecule has 0 radical (unpaired) electrons. The van der Waals surface area contributed by atoms with Crippen LogP contribution >= 0.6 is 11.6 Å². The molecule has 18 heavy (non-hydrogen) atoms. The van der Waals surface area contributed by atoms with Crippen molar-refractivity contribution in [3.8, 4) is 5.75 Å². The fourth-order valence-electron chi connectivity index (χ4n) is 1.19. The highest BCUT2D eigenvalue weighted by Gasteiger charge is 2.27. The summed E-state index contributed by atoms with van der Waals surface area (Å²) in [7, 11) is 0. The van der Waals surface area contributed by atoms with Gasteiger partial charge in [-0.2, -0.15) is 13.2 Å². The van der Waals surface area contributed by atoms with Gasteiger partial charge in [-0.25, -0.2) is 4.39 Å². The molecule has 0 spiro atoms. The monoisotopic (exact) mass is 286 g/mol. The van der Waals surface area contributed by atoms with Crippen LogP contribution in [0.1, 0.15) is 5.56 Å². The maximum atomic E-state index is 13.0. The average molecular weight is 287 g/mol. The van der Waals surface area contributed by atoms with Crippen LogP contribution < -0.4 is 4.74 Å². The molecule has 0 aromatic heterocycles. The molecule has 0 fully saturated rings. The summed E-state index contributed by atoms with van der Waals surface area (Å²) in [6.07, 6.45) is -4.36. The molecule has 0 atom stereocenters. The van der Waals surface area contributed by atoms with Crippen LogP contribution in [0.25, 0.3) is 0 Å². The first-order chi connectivity index (χ1) is 8.40. The van der Waals surface area contributed by atoms with E-state index in [1.807, 2.05) is 0 Å². The van der Waals surface area contributed by atoms with E-state index < -0.39 is 18.6 Å². The molecule has 0 bridgehead atoms. The summed E-state index contributed by atoms with van der Waals surface area (Å²) in [5.74, 6) is -0.181. The molecule has 7 heteroatoms. The number of benzene rings is 1. The van der Waals surface area contributed by atoms with Crippen LogP contribution in [0.3, 0.4) is 0 Å². The van der Waals surface area contributed by atoms with E-state index in [9.17, 15) is 17.6 Å². The molecule has 0 saturated carbocycles. The molecule has 0 aliphatic heterocycles. The van der Waals surface area contributed by atoms with E-state index >= 15 is 0 Å². The van der Waals surface area contributed by atoms with Crippen LogP contribution in [-0.2, 0) is 10.6 Å². The Morgan fingerprint density at radius 3 is 2.44 bits per heavy atom. The van der Waals surface area contributed by atoms with Gasteiger partial charge in [0.2, 0.25) is 0 Å². The molecule has 0 amide bonds. The summed E-state index contributed by atoms with van der Waals surface area (Å²) >= 11 is 5.53. The van der Waals surface area contributed by atoms with Gasteiger partial charge >= 0.3 is 6.18 Å². The van der Waals surface area contributed by atoms with Crippen molar-refractivity contribution < 1.29 is 27.0 Å². The lowest BCUT2D eigenvalue weighted by Gasteiger charge is -2.09.